The lowest BCUT2D eigenvalue weighted by molar-refractivity contribution is 0.300. The quantitative estimate of drug-likeness (QED) is 0.831. The highest BCUT2D eigenvalue weighted by molar-refractivity contribution is 9.10. The summed E-state index contributed by atoms with van der Waals surface area (Å²) in [7, 11) is 0. The fourth-order valence-corrected chi connectivity index (χ4v) is 2.36. The second-order valence-corrected chi connectivity index (χ2v) is 5.54. The first-order valence-corrected chi connectivity index (χ1v) is 6.23. The van der Waals surface area contributed by atoms with Crippen LogP contribution in [-0.2, 0) is 5.75 Å². The zero-order chi connectivity index (χ0) is 10.6. The molecule has 4 heteroatoms. The fourth-order valence-electron chi connectivity index (χ4n) is 1.05. The molecule has 0 saturated carbocycles. The number of hydrogen-bond donors (Lipinski definition) is 2. The van der Waals surface area contributed by atoms with Gasteiger partial charge in [0.05, 0.1) is 6.61 Å². The summed E-state index contributed by atoms with van der Waals surface area (Å²) in [4.78, 5) is 0. The Bertz CT molecular complexity index is 286. The van der Waals surface area contributed by atoms with Gasteiger partial charge in [0.2, 0.25) is 0 Å². The Balaban J connectivity index is 2.58. The minimum atomic E-state index is 0.216. The Hall–Kier alpha value is -0.190. The van der Waals surface area contributed by atoms with Gasteiger partial charge in [-0.05, 0) is 23.8 Å². The summed E-state index contributed by atoms with van der Waals surface area (Å²) >= 11 is 5.12. The number of nitrogens with two attached hydrogens (primary N) is 1. The zero-order valence-corrected chi connectivity index (χ0v) is 10.4. The zero-order valence-electron chi connectivity index (χ0n) is 8.03. The number of aliphatic hydroxyl groups excluding tert-OH is 1. The van der Waals surface area contributed by atoms with Gasteiger partial charge in [0.1, 0.15) is 0 Å². The average molecular weight is 276 g/mol. The van der Waals surface area contributed by atoms with Crippen molar-refractivity contribution in [2.45, 2.75) is 17.9 Å². The molecule has 1 atom stereocenters. The standard InChI is InChI=1S/C10H14BrNOS/c1-7(5-13)14-6-8-2-9(11)4-10(12)3-8/h2-4,7,13H,5-6,12H2,1H3. The molecule has 1 rings (SSSR count). The van der Waals surface area contributed by atoms with Gasteiger partial charge in [0, 0.05) is 21.2 Å². The average Bonchev–Trinajstić information content (AvgIpc) is 2.12. The number of nitrogen functional groups attached to an aromatic ring is 1. The van der Waals surface area contributed by atoms with E-state index in [4.69, 9.17) is 10.8 Å². The van der Waals surface area contributed by atoms with Crippen molar-refractivity contribution >= 4 is 33.4 Å². The monoisotopic (exact) mass is 275 g/mol. The third-order valence-electron chi connectivity index (χ3n) is 1.77. The number of thioether (sulfide) groups is 1. The van der Waals surface area contributed by atoms with Gasteiger partial charge in [-0.15, -0.1) is 0 Å². The van der Waals surface area contributed by atoms with Crippen LogP contribution in [0.5, 0.6) is 0 Å². The molecule has 14 heavy (non-hydrogen) atoms. The molecule has 1 aromatic rings. The molecule has 0 heterocycles. The molecular weight excluding hydrogens is 262 g/mol. The fraction of sp³-hybridized carbons (Fsp3) is 0.400. The molecule has 0 aromatic heterocycles. The van der Waals surface area contributed by atoms with Crippen LogP contribution in [0.25, 0.3) is 0 Å². The molecule has 2 nitrogen and oxygen atoms in total. The van der Waals surface area contributed by atoms with Gasteiger partial charge in [-0.2, -0.15) is 11.8 Å². The molecule has 0 aliphatic heterocycles. The van der Waals surface area contributed by atoms with E-state index < -0.39 is 0 Å². The molecule has 78 valence electrons. The van der Waals surface area contributed by atoms with E-state index in [1.165, 1.54) is 5.56 Å². The van der Waals surface area contributed by atoms with Crippen LogP contribution in [0.4, 0.5) is 5.69 Å². The topological polar surface area (TPSA) is 46.2 Å². The number of benzene rings is 1. The van der Waals surface area contributed by atoms with Gasteiger partial charge in [0.15, 0.2) is 0 Å². The SMILES string of the molecule is CC(CO)SCc1cc(N)cc(Br)c1. The van der Waals surface area contributed by atoms with E-state index in [1.54, 1.807) is 11.8 Å². The van der Waals surface area contributed by atoms with Gasteiger partial charge in [-0.25, -0.2) is 0 Å². The van der Waals surface area contributed by atoms with Crippen LogP contribution in [-0.4, -0.2) is 17.0 Å². The molecule has 1 aromatic carbocycles. The van der Waals surface area contributed by atoms with Crippen LogP contribution < -0.4 is 5.73 Å². The molecule has 0 fully saturated rings. The molecular formula is C10H14BrNOS. The van der Waals surface area contributed by atoms with E-state index in [0.29, 0.717) is 0 Å². The van der Waals surface area contributed by atoms with E-state index in [2.05, 4.69) is 15.9 Å². The summed E-state index contributed by atoms with van der Waals surface area (Å²) in [5.41, 5.74) is 7.66. The lowest BCUT2D eigenvalue weighted by Gasteiger charge is -2.08. The number of hydrogen-bond acceptors (Lipinski definition) is 3. The number of rotatable bonds is 4. The second kappa shape index (κ2) is 5.63. The van der Waals surface area contributed by atoms with Gasteiger partial charge >= 0.3 is 0 Å². The maximum Gasteiger partial charge on any atom is 0.0547 e. The molecule has 0 aliphatic rings. The Morgan fingerprint density at radius 1 is 1.50 bits per heavy atom. The Morgan fingerprint density at radius 3 is 2.79 bits per heavy atom. The largest absolute Gasteiger partial charge is 0.399 e. The molecule has 3 N–H and O–H groups in total. The van der Waals surface area contributed by atoms with E-state index in [-0.39, 0.29) is 11.9 Å². The van der Waals surface area contributed by atoms with Crippen molar-refractivity contribution in [3.05, 3.63) is 28.2 Å². The molecule has 0 radical (unpaired) electrons. The molecule has 0 bridgehead atoms. The number of halogens is 1. The summed E-state index contributed by atoms with van der Waals surface area (Å²) in [5, 5.41) is 9.14. The third-order valence-corrected chi connectivity index (χ3v) is 3.45. The van der Waals surface area contributed by atoms with Gasteiger partial charge in [-0.1, -0.05) is 22.9 Å². The van der Waals surface area contributed by atoms with Crippen LogP contribution in [0, 0.1) is 0 Å². The van der Waals surface area contributed by atoms with Crippen LogP contribution >= 0.6 is 27.7 Å². The maximum atomic E-state index is 8.87. The van der Waals surface area contributed by atoms with Crippen LogP contribution in [0.1, 0.15) is 12.5 Å². The minimum Gasteiger partial charge on any atom is -0.399 e. The maximum absolute atomic E-state index is 8.87. The van der Waals surface area contributed by atoms with E-state index in [0.717, 1.165) is 15.9 Å². The Morgan fingerprint density at radius 2 is 2.21 bits per heavy atom. The highest BCUT2D eigenvalue weighted by atomic mass is 79.9. The van der Waals surface area contributed by atoms with Gasteiger partial charge in [-0.3, -0.25) is 0 Å². The summed E-state index contributed by atoms with van der Waals surface area (Å²) in [6.45, 7) is 2.22. The highest BCUT2D eigenvalue weighted by Crippen LogP contribution is 2.22. The Labute approximate surface area is 97.0 Å². The van der Waals surface area contributed by atoms with Crippen LogP contribution in [0.2, 0.25) is 0 Å². The van der Waals surface area contributed by atoms with Gasteiger partial charge in [0.25, 0.3) is 0 Å². The van der Waals surface area contributed by atoms with Crippen LogP contribution in [0.3, 0.4) is 0 Å². The number of aliphatic hydroxyl groups is 1. The minimum absolute atomic E-state index is 0.216. The molecule has 0 spiro atoms. The molecule has 1 unspecified atom stereocenters. The van der Waals surface area contributed by atoms with Crippen molar-refractivity contribution in [3.8, 4) is 0 Å². The smallest absolute Gasteiger partial charge is 0.0547 e. The lowest BCUT2D eigenvalue weighted by Crippen LogP contribution is -2.02. The van der Waals surface area contributed by atoms with Gasteiger partial charge < -0.3 is 10.8 Å². The first kappa shape index (κ1) is 11.9. The van der Waals surface area contributed by atoms with Crippen molar-refractivity contribution in [1.29, 1.82) is 0 Å². The highest BCUT2D eigenvalue weighted by Gasteiger charge is 2.02. The van der Waals surface area contributed by atoms with Crippen molar-refractivity contribution < 1.29 is 5.11 Å². The second-order valence-electron chi connectivity index (χ2n) is 3.20. The summed E-state index contributed by atoms with van der Waals surface area (Å²) in [6.07, 6.45) is 0. The number of anilines is 1. The van der Waals surface area contributed by atoms with Crippen LogP contribution in [0.15, 0.2) is 22.7 Å². The lowest BCUT2D eigenvalue weighted by atomic mass is 10.2. The molecule has 0 aliphatic carbocycles. The molecule has 0 saturated heterocycles. The first-order valence-electron chi connectivity index (χ1n) is 4.39. The first-order chi connectivity index (χ1) is 6.61. The van der Waals surface area contributed by atoms with Crippen molar-refractivity contribution in [2.24, 2.45) is 0 Å². The predicted octanol–water partition coefficient (Wildman–Crippen LogP) is 2.65. The van der Waals surface area contributed by atoms with Crippen molar-refractivity contribution in [3.63, 3.8) is 0 Å². The summed E-state index contributed by atoms with van der Waals surface area (Å²) < 4.78 is 1.00. The van der Waals surface area contributed by atoms with E-state index in [9.17, 15) is 0 Å². The molecule has 0 amide bonds. The summed E-state index contributed by atoms with van der Waals surface area (Å²) in [5.74, 6) is 0.880. The Kier molecular flexibility index (Phi) is 4.78. The van der Waals surface area contributed by atoms with E-state index in [1.807, 2.05) is 25.1 Å². The normalized spacial score (nSPS) is 12.8. The van der Waals surface area contributed by atoms with E-state index >= 15 is 0 Å². The predicted molar refractivity (Wildman–Crippen MR) is 66.4 cm³/mol. The third kappa shape index (κ3) is 3.90. The van der Waals surface area contributed by atoms with Crippen molar-refractivity contribution in [1.82, 2.24) is 0 Å². The van der Waals surface area contributed by atoms with Crippen molar-refractivity contribution in [2.75, 3.05) is 12.3 Å². The summed E-state index contributed by atoms with van der Waals surface area (Å²) in [6, 6.07) is 5.89.